The first-order valence-electron chi connectivity index (χ1n) is 13.9. The zero-order valence-corrected chi connectivity index (χ0v) is 23.5. The highest BCUT2D eigenvalue weighted by Gasteiger charge is 2.30. The molecule has 40 heavy (non-hydrogen) atoms. The van der Waals surface area contributed by atoms with Crippen molar-refractivity contribution in [1.29, 1.82) is 0 Å². The largest absolute Gasteiger partial charge is 0.416 e. The Hall–Kier alpha value is -3.59. The molecule has 2 aromatic heterocycles. The van der Waals surface area contributed by atoms with Crippen LogP contribution in [0.4, 0.5) is 24.9 Å². The van der Waals surface area contributed by atoms with Gasteiger partial charge in [0.15, 0.2) is 0 Å². The molecule has 6 nitrogen and oxygen atoms in total. The number of aryl methyl sites for hydroxylation is 1. The number of para-hydroxylation sites is 1. The van der Waals surface area contributed by atoms with Crippen molar-refractivity contribution in [2.24, 2.45) is 5.92 Å². The third kappa shape index (κ3) is 6.09. The number of hydrogen-bond acceptors (Lipinski definition) is 5. The van der Waals surface area contributed by atoms with Gasteiger partial charge in [-0.2, -0.15) is 18.2 Å². The molecule has 4 aromatic rings. The molecule has 0 bridgehead atoms. The summed E-state index contributed by atoms with van der Waals surface area (Å²) in [5.41, 5.74) is 3.84. The number of nitrogens with one attached hydrogen (secondary N) is 2. The van der Waals surface area contributed by atoms with Crippen LogP contribution in [0, 0.1) is 19.8 Å². The fourth-order valence-corrected chi connectivity index (χ4v) is 5.80. The van der Waals surface area contributed by atoms with Gasteiger partial charge in [-0.1, -0.05) is 18.2 Å². The van der Waals surface area contributed by atoms with Crippen LogP contribution in [-0.4, -0.2) is 41.2 Å². The monoisotopic (exact) mass is 550 g/mol. The normalized spacial score (nSPS) is 17.8. The second-order valence-corrected chi connectivity index (χ2v) is 11.1. The van der Waals surface area contributed by atoms with E-state index in [4.69, 9.17) is 9.97 Å². The lowest BCUT2D eigenvalue weighted by molar-refractivity contribution is -0.137. The molecule has 0 radical (unpaired) electrons. The van der Waals surface area contributed by atoms with Crippen LogP contribution in [-0.2, 0) is 12.7 Å². The van der Waals surface area contributed by atoms with E-state index in [1.165, 1.54) is 12.1 Å². The van der Waals surface area contributed by atoms with E-state index < -0.39 is 11.7 Å². The SMILES string of the molecule is Cc1cc(CNCC2CCC(Nc3nc(N(C)C)c4ccccc4n3)CC2)c(C)n1-c1cccc(C(F)(F)F)c1. The molecule has 5 rings (SSSR count). The fraction of sp³-hybridized carbons (Fsp3) is 0.419. The summed E-state index contributed by atoms with van der Waals surface area (Å²) in [4.78, 5) is 11.6. The predicted octanol–water partition coefficient (Wildman–Crippen LogP) is 6.88. The number of benzene rings is 2. The molecule has 0 saturated heterocycles. The van der Waals surface area contributed by atoms with Gasteiger partial charge in [0.2, 0.25) is 5.95 Å². The summed E-state index contributed by atoms with van der Waals surface area (Å²) >= 11 is 0. The molecular weight excluding hydrogens is 513 g/mol. The molecule has 0 unspecified atom stereocenters. The van der Waals surface area contributed by atoms with E-state index in [9.17, 15) is 13.2 Å². The van der Waals surface area contributed by atoms with Crippen LogP contribution in [0.2, 0.25) is 0 Å². The van der Waals surface area contributed by atoms with E-state index in [1.807, 2.05) is 55.6 Å². The summed E-state index contributed by atoms with van der Waals surface area (Å²) in [5, 5.41) is 8.22. The first kappa shape index (κ1) is 28.0. The summed E-state index contributed by atoms with van der Waals surface area (Å²) in [7, 11) is 4.00. The molecule has 0 amide bonds. The van der Waals surface area contributed by atoms with Gasteiger partial charge in [0.1, 0.15) is 5.82 Å². The average molecular weight is 551 g/mol. The van der Waals surface area contributed by atoms with E-state index in [0.717, 1.165) is 72.0 Å². The van der Waals surface area contributed by atoms with Crippen molar-refractivity contribution in [2.45, 2.75) is 58.3 Å². The van der Waals surface area contributed by atoms with Crippen LogP contribution in [0.25, 0.3) is 16.6 Å². The number of hydrogen-bond donors (Lipinski definition) is 2. The third-order valence-corrected chi connectivity index (χ3v) is 7.90. The quantitative estimate of drug-likeness (QED) is 0.250. The minimum Gasteiger partial charge on any atom is -0.362 e. The number of rotatable bonds is 8. The van der Waals surface area contributed by atoms with E-state index >= 15 is 0 Å². The molecule has 2 aromatic carbocycles. The molecule has 0 aliphatic heterocycles. The highest BCUT2D eigenvalue weighted by Crippen LogP contribution is 2.32. The lowest BCUT2D eigenvalue weighted by atomic mass is 9.86. The van der Waals surface area contributed by atoms with E-state index in [1.54, 1.807) is 6.07 Å². The number of alkyl halides is 3. The van der Waals surface area contributed by atoms with Gasteiger partial charge in [-0.05, 0) is 94.0 Å². The number of anilines is 2. The van der Waals surface area contributed by atoms with Crippen molar-refractivity contribution in [3.8, 4) is 5.69 Å². The Labute approximate surface area is 233 Å². The fourth-order valence-electron chi connectivity index (χ4n) is 5.80. The molecular formula is C31H37F3N6. The Balaban J connectivity index is 1.15. The van der Waals surface area contributed by atoms with Gasteiger partial charge >= 0.3 is 6.18 Å². The van der Waals surface area contributed by atoms with Gasteiger partial charge in [0, 0.05) is 49.1 Å². The van der Waals surface area contributed by atoms with Gasteiger partial charge in [-0.25, -0.2) is 4.98 Å². The number of halogens is 3. The molecule has 0 spiro atoms. The van der Waals surface area contributed by atoms with Crippen molar-refractivity contribution >= 4 is 22.7 Å². The summed E-state index contributed by atoms with van der Waals surface area (Å²) in [6.07, 6.45) is -0.0145. The number of nitrogens with zero attached hydrogens (tertiary/aromatic N) is 4. The third-order valence-electron chi connectivity index (χ3n) is 7.90. The zero-order valence-electron chi connectivity index (χ0n) is 23.5. The molecule has 2 heterocycles. The lowest BCUT2D eigenvalue weighted by Crippen LogP contribution is -2.31. The maximum atomic E-state index is 13.2. The molecule has 212 valence electrons. The minimum absolute atomic E-state index is 0.346. The van der Waals surface area contributed by atoms with Crippen LogP contribution >= 0.6 is 0 Å². The van der Waals surface area contributed by atoms with Crippen LogP contribution in [0.3, 0.4) is 0 Å². The molecule has 1 aliphatic rings. The predicted molar refractivity (Wildman–Crippen MR) is 155 cm³/mol. The van der Waals surface area contributed by atoms with Gasteiger partial charge < -0.3 is 20.1 Å². The van der Waals surface area contributed by atoms with Crippen molar-refractivity contribution < 1.29 is 13.2 Å². The highest BCUT2D eigenvalue weighted by atomic mass is 19.4. The Kier molecular flexibility index (Phi) is 8.03. The van der Waals surface area contributed by atoms with Crippen molar-refractivity contribution in [3.63, 3.8) is 0 Å². The molecule has 9 heteroatoms. The van der Waals surface area contributed by atoms with Crippen molar-refractivity contribution in [2.75, 3.05) is 30.9 Å². The van der Waals surface area contributed by atoms with E-state index in [0.29, 0.717) is 30.1 Å². The summed E-state index contributed by atoms with van der Waals surface area (Å²) in [5.74, 6) is 2.18. The Morgan fingerprint density at radius 1 is 0.950 bits per heavy atom. The topological polar surface area (TPSA) is 58.0 Å². The number of fused-ring (bicyclic) bond motifs is 1. The van der Waals surface area contributed by atoms with Crippen LogP contribution in [0.1, 0.15) is 48.2 Å². The van der Waals surface area contributed by atoms with Crippen LogP contribution in [0.5, 0.6) is 0 Å². The van der Waals surface area contributed by atoms with Crippen LogP contribution in [0.15, 0.2) is 54.6 Å². The Morgan fingerprint density at radius 2 is 1.70 bits per heavy atom. The molecule has 1 fully saturated rings. The van der Waals surface area contributed by atoms with Crippen molar-refractivity contribution in [1.82, 2.24) is 19.9 Å². The summed E-state index contributed by atoms with van der Waals surface area (Å²) in [6.45, 7) is 5.51. The van der Waals surface area contributed by atoms with Gasteiger partial charge in [-0.15, -0.1) is 0 Å². The van der Waals surface area contributed by atoms with Crippen molar-refractivity contribution in [3.05, 3.63) is 77.1 Å². The van der Waals surface area contributed by atoms with E-state index in [2.05, 4.69) is 22.8 Å². The standard InChI is InChI=1S/C31H37F3N6/c1-20-16-23(21(2)40(20)26-9-7-8-24(17-26)31(32,33)34)19-35-18-22-12-14-25(15-13-22)36-30-37-28-11-6-5-10-27(28)29(38-30)39(3)4/h5-11,16-17,22,25,35H,12-15,18-19H2,1-4H3,(H,36,37,38). The van der Waals surface area contributed by atoms with Crippen LogP contribution < -0.4 is 15.5 Å². The first-order chi connectivity index (χ1) is 19.1. The van der Waals surface area contributed by atoms with Gasteiger partial charge in [0.25, 0.3) is 0 Å². The minimum atomic E-state index is -4.36. The molecule has 1 aliphatic carbocycles. The first-order valence-corrected chi connectivity index (χ1v) is 13.9. The zero-order chi connectivity index (χ0) is 28.4. The number of aromatic nitrogens is 3. The smallest absolute Gasteiger partial charge is 0.362 e. The van der Waals surface area contributed by atoms with Gasteiger partial charge in [-0.3, -0.25) is 0 Å². The second kappa shape index (κ2) is 11.5. The molecule has 2 N–H and O–H groups in total. The average Bonchev–Trinajstić information content (AvgIpc) is 3.21. The maximum absolute atomic E-state index is 13.2. The molecule has 1 saturated carbocycles. The maximum Gasteiger partial charge on any atom is 0.416 e. The molecule has 0 atom stereocenters. The van der Waals surface area contributed by atoms with E-state index in [-0.39, 0.29) is 0 Å². The Morgan fingerprint density at radius 3 is 2.42 bits per heavy atom. The summed E-state index contributed by atoms with van der Waals surface area (Å²) < 4.78 is 41.6. The second-order valence-electron chi connectivity index (χ2n) is 11.1. The summed E-state index contributed by atoms with van der Waals surface area (Å²) in [6, 6.07) is 16.0. The highest BCUT2D eigenvalue weighted by molar-refractivity contribution is 5.90. The van der Waals surface area contributed by atoms with Gasteiger partial charge in [0.05, 0.1) is 11.1 Å². The lowest BCUT2D eigenvalue weighted by Gasteiger charge is -2.29. The Bertz CT molecular complexity index is 1470.